The van der Waals surface area contributed by atoms with Crippen molar-refractivity contribution >= 4 is 5.95 Å². The fourth-order valence-corrected chi connectivity index (χ4v) is 4.35. The number of nitrogens with zero attached hydrogens (tertiary/aromatic N) is 5. The van der Waals surface area contributed by atoms with Crippen molar-refractivity contribution in [1.82, 2.24) is 19.9 Å². The Balaban J connectivity index is 1.42. The molecule has 0 atom stereocenters. The third-order valence-corrected chi connectivity index (χ3v) is 6.19. The van der Waals surface area contributed by atoms with Crippen LogP contribution in [0.25, 0.3) is 11.5 Å². The number of hydrogen-bond acceptors (Lipinski definition) is 7. The molecular formula is C21H31N5O2. The van der Waals surface area contributed by atoms with E-state index >= 15 is 0 Å². The van der Waals surface area contributed by atoms with Gasteiger partial charge in [-0.2, -0.15) is 4.98 Å². The summed E-state index contributed by atoms with van der Waals surface area (Å²) in [5, 5.41) is 4.26. The van der Waals surface area contributed by atoms with E-state index in [0.29, 0.717) is 17.9 Å². The van der Waals surface area contributed by atoms with Crippen molar-refractivity contribution in [2.24, 2.45) is 0 Å². The molecule has 2 saturated heterocycles. The third-order valence-electron chi connectivity index (χ3n) is 6.19. The van der Waals surface area contributed by atoms with Crippen molar-refractivity contribution in [3.05, 3.63) is 23.3 Å². The molecule has 1 aromatic heterocycles. The molecule has 3 heterocycles. The predicted molar refractivity (Wildman–Crippen MR) is 110 cm³/mol. The summed E-state index contributed by atoms with van der Waals surface area (Å²) < 4.78 is 11.1. The Morgan fingerprint density at radius 3 is 2.39 bits per heavy atom. The lowest BCUT2D eigenvalue weighted by atomic mass is 10.0. The van der Waals surface area contributed by atoms with E-state index in [9.17, 15) is 0 Å². The van der Waals surface area contributed by atoms with Crippen molar-refractivity contribution in [1.29, 1.82) is 0 Å². The van der Waals surface area contributed by atoms with Gasteiger partial charge in [-0.15, -0.1) is 0 Å². The van der Waals surface area contributed by atoms with Gasteiger partial charge in [0.2, 0.25) is 0 Å². The van der Waals surface area contributed by atoms with Gasteiger partial charge in [0.05, 0.1) is 7.11 Å². The van der Waals surface area contributed by atoms with Crippen LogP contribution in [0.2, 0.25) is 0 Å². The summed E-state index contributed by atoms with van der Waals surface area (Å²) in [6.45, 7) is 10.8. The SMILES string of the molecule is COc1cc(-c2nc(N3CCC(N4CCN(C)CC4)CC3)no2)c(C)cc1C. The molecule has 0 bridgehead atoms. The second-order valence-electron chi connectivity index (χ2n) is 8.09. The first-order valence-electron chi connectivity index (χ1n) is 10.2. The van der Waals surface area contributed by atoms with Crippen LogP contribution in [0.5, 0.6) is 5.75 Å². The minimum atomic E-state index is 0.562. The number of piperidine rings is 1. The predicted octanol–water partition coefficient (Wildman–Crippen LogP) is 2.58. The smallest absolute Gasteiger partial charge is 0.266 e. The molecule has 152 valence electrons. The molecule has 1 aromatic carbocycles. The number of rotatable bonds is 4. The first-order valence-corrected chi connectivity index (χ1v) is 10.2. The molecule has 2 aliphatic rings. The first kappa shape index (κ1) is 19.2. The molecule has 0 radical (unpaired) electrons. The molecule has 2 aromatic rings. The molecule has 0 amide bonds. The summed E-state index contributed by atoms with van der Waals surface area (Å²) >= 11 is 0. The molecule has 2 fully saturated rings. The normalized spacial score (nSPS) is 19.9. The van der Waals surface area contributed by atoms with E-state index in [-0.39, 0.29) is 0 Å². The van der Waals surface area contributed by atoms with Crippen LogP contribution >= 0.6 is 0 Å². The van der Waals surface area contributed by atoms with E-state index in [4.69, 9.17) is 9.26 Å². The van der Waals surface area contributed by atoms with Gasteiger partial charge in [0, 0.05) is 50.9 Å². The maximum atomic E-state index is 5.60. The average molecular weight is 386 g/mol. The van der Waals surface area contributed by atoms with Crippen LogP contribution in [-0.2, 0) is 0 Å². The lowest BCUT2D eigenvalue weighted by Crippen LogP contribution is -2.52. The van der Waals surface area contributed by atoms with Crippen LogP contribution in [-0.4, -0.2) is 79.4 Å². The minimum absolute atomic E-state index is 0.562. The van der Waals surface area contributed by atoms with Gasteiger partial charge in [-0.1, -0.05) is 6.07 Å². The highest BCUT2D eigenvalue weighted by atomic mass is 16.5. The summed E-state index contributed by atoms with van der Waals surface area (Å²) in [7, 11) is 3.89. The van der Waals surface area contributed by atoms with E-state index < -0.39 is 0 Å². The highest BCUT2D eigenvalue weighted by Gasteiger charge is 2.28. The molecule has 0 saturated carbocycles. The summed E-state index contributed by atoms with van der Waals surface area (Å²) in [5.41, 5.74) is 3.16. The molecule has 2 aliphatic heterocycles. The molecular weight excluding hydrogens is 354 g/mol. The molecule has 7 nitrogen and oxygen atoms in total. The van der Waals surface area contributed by atoms with Gasteiger partial charge in [0.25, 0.3) is 11.8 Å². The van der Waals surface area contributed by atoms with E-state index in [0.717, 1.165) is 48.4 Å². The van der Waals surface area contributed by atoms with Gasteiger partial charge < -0.3 is 19.1 Å². The van der Waals surface area contributed by atoms with Crippen molar-refractivity contribution in [3.63, 3.8) is 0 Å². The Morgan fingerprint density at radius 1 is 1.00 bits per heavy atom. The van der Waals surface area contributed by atoms with Gasteiger partial charge in [-0.05, 0) is 56.1 Å². The zero-order valence-corrected chi connectivity index (χ0v) is 17.4. The summed E-state index contributed by atoms with van der Waals surface area (Å²) in [6.07, 6.45) is 2.32. The van der Waals surface area contributed by atoms with Crippen LogP contribution in [0, 0.1) is 13.8 Å². The Bertz CT molecular complexity index is 805. The second kappa shape index (κ2) is 8.09. The summed E-state index contributed by atoms with van der Waals surface area (Å²) in [4.78, 5) is 12.0. The monoisotopic (exact) mass is 385 g/mol. The van der Waals surface area contributed by atoms with Crippen LogP contribution in [0.4, 0.5) is 5.95 Å². The van der Waals surface area contributed by atoms with Gasteiger partial charge in [0.15, 0.2) is 0 Å². The minimum Gasteiger partial charge on any atom is -0.496 e. The number of likely N-dealkylation sites (N-methyl/N-ethyl adjacent to an activating group) is 1. The van der Waals surface area contributed by atoms with Gasteiger partial charge in [0.1, 0.15) is 5.75 Å². The largest absolute Gasteiger partial charge is 0.496 e. The number of ether oxygens (including phenoxy) is 1. The summed E-state index contributed by atoms with van der Waals surface area (Å²) in [5.74, 6) is 2.10. The number of hydrogen-bond donors (Lipinski definition) is 0. The summed E-state index contributed by atoms with van der Waals surface area (Å²) in [6, 6.07) is 4.76. The number of aryl methyl sites for hydroxylation is 2. The van der Waals surface area contributed by atoms with Crippen LogP contribution in [0.3, 0.4) is 0 Å². The van der Waals surface area contributed by atoms with Crippen molar-refractivity contribution in [2.75, 3.05) is 58.3 Å². The maximum Gasteiger partial charge on any atom is 0.266 e. The molecule has 7 heteroatoms. The number of anilines is 1. The highest BCUT2D eigenvalue weighted by Crippen LogP contribution is 2.31. The van der Waals surface area contributed by atoms with Gasteiger partial charge >= 0.3 is 0 Å². The number of benzene rings is 1. The number of aromatic nitrogens is 2. The average Bonchev–Trinajstić information content (AvgIpc) is 3.19. The Labute approximate surface area is 167 Å². The topological polar surface area (TPSA) is 57.9 Å². The second-order valence-corrected chi connectivity index (χ2v) is 8.09. The quantitative estimate of drug-likeness (QED) is 0.802. The van der Waals surface area contributed by atoms with Crippen LogP contribution in [0.15, 0.2) is 16.7 Å². The molecule has 28 heavy (non-hydrogen) atoms. The van der Waals surface area contributed by atoms with E-state index in [2.05, 4.69) is 44.9 Å². The van der Waals surface area contributed by atoms with Crippen molar-refractivity contribution in [3.8, 4) is 17.2 Å². The number of piperazine rings is 1. The van der Waals surface area contributed by atoms with Crippen molar-refractivity contribution < 1.29 is 9.26 Å². The fourth-order valence-electron chi connectivity index (χ4n) is 4.35. The molecule has 0 unspecified atom stereocenters. The molecule has 4 rings (SSSR count). The molecule has 0 aliphatic carbocycles. The number of methoxy groups -OCH3 is 1. The Kier molecular flexibility index (Phi) is 5.55. The van der Waals surface area contributed by atoms with Gasteiger partial charge in [-0.3, -0.25) is 4.90 Å². The van der Waals surface area contributed by atoms with E-state index in [1.54, 1.807) is 7.11 Å². The van der Waals surface area contributed by atoms with E-state index in [1.807, 2.05) is 13.0 Å². The first-order chi connectivity index (χ1) is 13.5. The van der Waals surface area contributed by atoms with Crippen molar-refractivity contribution in [2.45, 2.75) is 32.7 Å². The third kappa shape index (κ3) is 3.86. The van der Waals surface area contributed by atoms with Crippen LogP contribution in [0.1, 0.15) is 24.0 Å². The lowest BCUT2D eigenvalue weighted by molar-refractivity contribution is 0.0980. The fraction of sp³-hybridized carbons (Fsp3) is 0.619. The standard InChI is InChI=1S/C21H31N5O2/c1-15-13-16(2)19(27-4)14-18(15)20-22-21(23-28-20)26-7-5-17(6-8-26)25-11-9-24(3)10-12-25/h13-14,17H,5-12H2,1-4H3. The lowest BCUT2D eigenvalue weighted by Gasteiger charge is -2.41. The zero-order valence-electron chi connectivity index (χ0n) is 17.4. The Morgan fingerprint density at radius 2 is 1.71 bits per heavy atom. The maximum absolute atomic E-state index is 5.60. The Hall–Kier alpha value is -2.12. The molecule has 0 spiro atoms. The molecule has 0 N–H and O–H groups in total. The highest BCUT2D eigenvalue weighted by molar-refractivity contribution is 5.63. The van der Waals surface area contributed by atoms with E-state index in [1.165, 1.54) is 26.2 Å². The van der Waals surface area contributed by atoms with Gasteiger partial charge in [-0.25, -0.2) is 0 Å². The van der Waals surface area contributed by atoms with Crippen LogP contribution < -0.4 is 9.64 Å². The zero-order chi connectivity index (χ0) is 19.7.